The number of esters is 1. The van der Waals surface area contributed by atoms with Crippen molar-refractivity contribution in [3.05, 3.63) is 0 Å². The molecule has 2 atom stereocenters. The molecule has 0 aromatic heterocycles. The molecule has 0 aromatic rings. The molecule has 0 fully saturated rings. The lowest BCUT2D eigenvalue weighted by Gasteiger charge is -2.23. The van der Waals surface area contributed by atoms with Crippen molar-refractivity contribution in [2.75, 3.05) is 0 Å². The summed E-state index contributed by atoms with van der Waals surface area (Å²) < 4.78 is 5.54. The van der Waals surface area contributed by atoms with Crippen molar-refractivity contribution in [3.8, 4) is 11.8 Å². The van der Waals surface area contributed by atoms with Crippen LogP contribution in [0.5, 0.6) is 0 Å². The van der Waals surface area contributed by atoms with E-state index in [-0.39, 0.29) is 17.5 Å². The Morgan fingerprint density at radius 1 is 1.20 bits per heavy atom. The molecule has 0 aliphatic rings. The first-order valence-corrected chi connectivity index (χ1v) is 7.82. The van der Waals surface area contributed by atoms with Gasteiger partial charge in [0.25, 0.3) is 0 Å². The van der Waals surface area contributed by atoms with Gasteiger partial charge in [-0.3, -0.25) is 4.79 Å². The predicted octanol–water partition coefficient (Wildman–Crippen LogP) is 4.82. The molecule has 0 spiro atoms. The van der Waals surface area contributed by atoms with Crippen molar-refractivity contribution in [3.63, 3.8) is 0 Å². The summed E-state index contributed by atoms with van der Waals surface area (Å²) >= 11 is 0. The summed E-state index contributed by atoms with van der Waals surface area (Å²) in [4.78, 5) is 12.0. The fourth-order valence-electron chi connectivity index (χ4n) is 2.39. The molecule has 2 heteroatoms. The predicted molar refractivity (Wildman–Crippen MR) is 85.3 cm³/mol. The SMILES string of the molecule is CCC#CC(CC(C)C)OC(=O)CC(C)CC(C)(C)C. The highest BCUT2D eigenvalue weighted by molar-refractivity contribution is 5.70. The van der Waals surface area contributed by atoms with Gasteiger partial charge in [-0.1, -0.05) is 60.3 Å². The van der Waals surface area contributed by atoms with Gasteiger partial charge in [-0.05, 0) is 30.1 Å². The third-order valence-electron chi connectivity index (χ3n) is 2.87. The molecule has 0 rings (SSSR count). The minimum atomic E-state index is -0.246. The first kappa shape index (κ1) is 19.0. The maximum Gasteiger partial charge on any atom is 0.307 e. The largest absolute Gasteiger partial charge is 0.449 e. The molecule has 0 saturated carbocycles. The van der Waals surface area contributed by atoms with Crippen LogP contribution in [0.2, 0.25) is 0 Å². The van der Waals surface area contributed by atoms with E-state index in [4.69, 9.17) is 4.74 Å². The average Bonchev–Trinajstić information content (AvgIpc) is 2.21. The lowest BCUT2D eigenvalue weighted by molar-refractivity contribution is -0.148. The second kappa shape index (κ2) is 9.06. The van der Waals surface area contributed by atoms with Gasteiger partial charge in [0, 0.05) is 12.8 Å². The van der Waals surface area contributed by atoms with Gasteiger partial charge in [-0.15, -0.1) is 0 Å². The number of hydrogen-bond donors (Lipinski definition) is 0. The molecule has 2 nitrogen and oxygen atoms in total. The average molecular weight is 280 g/mol. The first-order chi connectivity index (χ1) is 9.14. The topological polar surface area (TPSA) is 26.3 Å². The van der Waals surface area contributed by atoms with Crippen molar-refractivity contribution in [2.24, 2.45) is 17.3 Å². The Morgan fingerprint density at radius 3 is 2.25 bits per heavy atom. The van der Waals surface area contributed by atoms with E-state index in [0.29, 0.717) is 18.3 Å². The molecular weight excluding hydrogens is 248 g/mol. The maximum atomic E-state index is 12.0. The Balaban J connectivity index is 4.38. The van der Waals surface area contributed by atoms with E-state index in [1.54, 1.807) is 0 Å². The third-order valence-corrected chi connectivity index (χ3v) is 2.87. The van der Waals surface area contributed by atoms with E-state index in [1.165, 1.54) is 0 Å². The van der Waals surface area contributed by atoms with Crippen LogP contribution in [0.3, 0.4) is 0 Å². The molecule has 0 heterocycles. The minimum absolute atomic E-state index is 0.113. The van der Waals surface area contributed by atoms with Crippen LogP contribution in [0.4, 0.5) is 0 Å². The molecule has 20 heavy (non-hydrogen) atoms. The van der Waals surface area contributed by atoms with E-state index in [0.717, 1.165) is 19.3 Å². The van der Waals surface area contributed by atoms with Crippen molar-refractivity contribution in [1.29, 1.82) is 0 Å². The van der Waals surface area contributed by atoms with E-state index < -0.39 is 0 Å². The summed E-state index contributed by atoms with van der Waals surface area (Å²) in [5.41, 5.74) is 0.249. The van der Waals surface area contributed by atoms with Gasteiger partial charge < -0.3 is 4.74 Å². The zero-order valence-corrected chi connectivity index (χ0v) is 14.4. The summed E-state index contributed by atoms with van der Waals surface area (Å²) in [6.45, 7) is 15.0. The van der Waals surface area contributed by atoms with E-state index >= 15 is 0 Å². The summed E-state index contributed by atoms with van der Waals surface area (Å²) in [5, 5.41) is 0. The van der Waals surface area contributed by atoms with Crippen LogP contribution in [0.15, 0.2) is 0 Å². The number of ether oxygens (including phenoxy) is 1. The highest BCUT2D eigenvalue weighted by Crippen LogP contribution is 2.26. The number of carbonyl (C=O) groups is 1. The normalized spacial score (nSPS) is 14.4. The van der Waals surface area contributed by atoms with E-state index in [9.17, 15) is 4.79 Å². The molecule has 0 bridgehead atoms. The van der Waals surface area contributed by atoms with Gasteiger partial charge in [0.2, 0.25) is 0 Å². The van der Waals surface area contributed by atoms with Gasteiger partial charge in [0.1, 0.15) is 0 Å². The molecule has 0 N–H and O–H groups in total. The van der Waals surface area contributed by atoms with Crippen molar-refractivity contribution in [2.45, 2.75) is 80.3 Å². The Morgan fingerprint density at radius 2 is 1.80 bits per heavy atom. The lowest BCUT2D eigenvalue weighted by Crippen LogP contribution is -2.21. The van der Waals surface area contributed by atoms with Crippen LogP contribution < -0.4 is 0 Å². The second-order valence-corrected chi connectivity index (χ2v) is 7.36. The van der Waals surface area contributed by atoms with Gasteiger partial charge in [-0.25, -0.2) is 0 Å². The first-order valence-electron chi connectivity index (χ1n) is 7.82. The van der Waals surface area contributed by atoms with Crippen LogP contribution in [-0.4, -0.2) is 12.1 Å². The summed E-state index contributed by atoms with van der Waals surface area (Å²) in [6.07, 6.45) is 2.88. The minimum Gasteiger partial charge on any atom is -0.449 e. The van der Waals surface area contributed by atoms with Crippen LogP contribution in [0.1, 0.15) is 74.1 Å². The quantitative estimate of drug-likeness (QED) is 0.515. The van der Waals surface area contributed by atoms with E-state index in [1.807, 2.05) is 6.92 Å². The molecular formula is C18H32O2. The van der Waals surface area contributed by atoms with E-state index in [2.05, 4.69) is 53.4 Å². The molecule has 0 aliphatic heterocycles. The molecule has 0 aromatic carbocycles. The zero-order chi connectivity index (χ0) is 15.8. The van der Waals surface area contributed by atoms with Crippen LogP contribution in [0, 0.1) is 29.1 Å². The molecule has 0 amide bonds. The fraction of sp³-hybridized carbons (Fsp3) is 0.833. The van der Waals surface area contributed by atoms with Crippen LogP contribution in [0.25, 0.3) is 0 Å². The Kier molecular flexibility index (Phi) is 8.62. The lowest BCUT2D eigenvalue weighted by atomic mass is 9.84. The fourth-order valence-corrected chi connectivity index (χ4v) is 2.39. The molecule has 2 unspecified atom stereocenters. The molecule has 0 aliphatic carbocycles. The Hall–Kier alpha value is -0.970. The smallest absolute Gasteiger partial charge is 0.307 e. The highest BCUT2D eigenvalue weighted by atomic mass is 16.5. The summed E-state index contributed by atoms with van der Waals surface area (Å²) in [5.74, 6) is 6.80. The monoisotopic (exact) mass is 280 g/mol. The molecule has 0 saturated heterocycles. The van der Waals surface area contributed by atoms with Gasteiger partial charge in [0.05, 0.1) is 0 Å². The maximum absolute atomic E-state index is 12.0. The molecule has 0 radical (unpaired) electrons. The van der Waals surface area contributed by atoms with Gasteiger partial charge >= 0.3 is 5.97 Å². The van der Waals surface area contributed by atoms with Crippen LogP contribution >= 0.6 is 0 Å². The zero-order valence-electron chi connectivity index (χ0n) is 14.4. The van der Waals surface area contributed by atoms with Crippen molar-refractivity contribution < 1.29 is 9.53 Å². The summed E-state index contributed by atoms with van der Waals surface area (Å²) in [7, 11) is 0. The van der Waals surface area contributed by atoms with Gasteiger partial charge in [-0.2, -0.15) is 0 Å². The van der Waals surface area contributed by atoms with Crippen molar-refractivity contribution >= 4 is 5.97 Å². The number of rotatable bonds is 6. The second-order valence-electron chi connectivity index (χ2n) is 7.36. The summed E-state index contributed by atoms with van der Waals surface area (Å²) in [6, 6.07) is 0. The Bertz CT molecular complexity index is 339. The Labute approximate surface area is 125 Å². The number of hydrogen-bond acceptors (Lipinski definition) is 2. The van der Waals surface area contributed by atoms with Gasteiger partial charge in [0.15, 0.2) is 6.10 Å². The standard InChI is InChI=1S/C18H32O2/c1-8-9-10-16(11-14(2)3)20-17(19)12-15(4)13-18(5,6)7/h14-16H,8,11-13H2,1-7H3. The highest BCUT2D eigenvalue weighted by Gasteiger charge is 2.20. The molecule has 116 valence electrons. The van der Waals surface area contributed by atoms with Crippen molar-refractivity contribution in [1.82, 2.24) is 0 Å². The third kappa shape index (κ3) is 10.9. The number of carbonyl (C=O) groups excluding carboxylic acids is 1. The van der Waals surface area contributed by atoms with Crippen LogP contribution in [-0.2, 0) is 9.53 Å².